The summed E-state index contributed by atoms with van der Waals surface area (Å²) < 4.78 is 31.6. The summed E-state index contributed by atoms with van der Waals surface area (Å²) in [6.07, 6.45) is 3.01. The summed E-state index contributed by atoms with van der Waals surface area (Å²) in [5.41, 5.74) is 0. The molecule has 2 unspecified atom stereocenters. The molecule has 1 saturated carbocycles. The maximum absolute atomic E-state index is 11.8. The lowest BCUT2D eigenvalue weighted by atomic mass is 10.1. The molecule has 0 saturated heterocycles. The fourth-order valence-electron chi connectivity index (χ4n) is 2.06. The van der Waals surface area contributed by atoms with Crippen LogP contribution in [0, 0.1) is 5.92 Å². The molecule has 0 aromatic rings. The number of halogens is 1. The lowest BCUT2D eigenvalue weighted by Crippen LogP contribution is -2.40. The lowest BCUT2D eigenvalue weighted by Gasteiger charge is -2.19. The summed E-state index contributed by atoms with van der Waals surface area (Å²) in [6, 6.07) is 0.0107. The first-order chi connectivity index (χ1) is 7.94. The molecule has 1 fully saturated rings. The number of ether oxygens (including phenoxy) is 1. The molecule has 0 spiro atoms. The topological polar surface area (TPSA) is 55.4 Å². The zero-order valence-corrected chi connectivity index (χ0v) is 12.1. The predicted molar refractivity (Wildman–Crippen MR) is 69.9 cm³/mol. The number of hydrogen-bond donors (Lipinski definition) is 1. The van der Waals surface area contributed by atoms with Gasteiger partial charge < -0.3 is 4.74 Å². The van der Waals surface area contributed by atoms with Crippen LogP contribution in [0.25, 0.3) is 0 Å². The Balaban J connectivity index is 2.38. The van der Waals surface area contributed by atoms with Gasteiger partial charge in [0, 0.05) is 11.9 Å². The summed E-state index contributed by atoms with van der Waals surface area (Å²) >= 11 is 5.82. The highest BCUT2D eigenvalue weighted by Gasteiger charge is 2.29. The van der Waals surface area contributed by atoms with Crippen molar-refractivity contribution in [1.82, 2.24) is 4.72 Å². The van der Waals surface area contributed by atoms with E-state index in [1.807, 2.05) is 13.8 Å². The third kappa shape index (κ3) is 5.55. The van der Waals surface area contributed by atoms with E-state index in [4.69, 9.17) is 16.3 Å². The second kappa shape index (κ2) is 6.92. The Morgan fingerprint density at radius 3 is 2.71 bits per heavy atom. The van der Waals surface area contributed by atoms with Crippen molar-refractivity contribution < 1.29 is 13.2 Å². The van der Waals surface area contributed by atoms with Crippen molar-refractivity contribution in [2.45, 2.75) is 45.3 Å². The first kappa shape index (κ1) is 15.2. The van der Waals surface area contributed by atoms with E-state index in [0.717, 1.165) is 19.3 Å². The second-order valence-corrected chi connectivity index (χ2v) is 6.99. The van der Waals surface area contributed by atoms with E-state index < -0.39 is 10.0 Å². The van der Waals surface area contributed by atoms with Crippen LogP contribution in [-0.4, -0.2) is 38.8 Å². The molecule has 1 N–H and O–H groups in total. The average molecular weight is 284 g/mol. The van der Waals surface area contributed by atoms with Crippen molar-refractivity contribution in [3.05, 3.63) is 0 Å². The van der Waals surface area contributed by atoms with Gasteiger partial charge in [-0.15, -0.1) is 11.6 Å². The Labute approximate surface area is 109 Å². The first-order valence-corrected chi connectivity index (χ1v) is 8.31. The average Bonchev–Trinajstić information content (AvgIpc) is 2.63. The van der Waals surface area contributed by atoms with Gasteiger partial charge in [0.2, 0.25) is 10.0 Å². The zero-order valence-electron chi connectivity index (χ0n) is 10.5. The third-order valence-electron chi connectivity index (χ3n) is 2.99. The fraction of sp³-hybridized carbons (Fsp3) is 1.00. The minimum atomic E-state index is -3.24. The summed E-state index contributed by atoms with van der Waals surface area (Å²) in [5, 5.41) is 0. The van der Waals surface area contributed by atoms with Crippen LogP contribution in [0.1, 0.15) is 33.1 Å². The Hall–Kier alpha value is 0.160. The Kier molecular flexibility index (Phi) is 6.20. The van der Waals surface area contributed by atoms with Gasteiger partial charge in [-0.2, -0.15) is 0 Å². The maximum atomic E-state index is 11.8. The van der Waals surface area contributed by atoms with Crippen LogP contribution in [0.3, 0.4) is 0 Å². The van der Waals surface area contributed by atoms with Gasteiger partial charge in [-0.3, -0.25) is 0 Å². The number of sulfonamides is 1. The number of rotatable bonds is 7. The highest BCUT2D eigenvalue weighted by Crippen LogP contribution is 2.27. The van der Waals surface area contributed by atoms with Crippen LogP contribution in [0.2, 0.25) is 0 Å². The highest BCUT2D eigenvalue weighted by atomic mass is 35.5. The Morgan fingerprint density at radius 1 is 1.41 bits per heavy atom. The lowest BCUT2D eigenvalue weighted by molar-refractivity contribution is 0.0911. The molecular weight excluding hydrogens is 262 g/mol. The third-order valence-corrected chi connectivity index (χ3v) is 4.75. The molecule has 0 aromatic heterocycles. The van der Waals surface area contributed by atoms with Crippen molar-refractivity contribution in [1.29, 1.82) is 0 Å². The molecule has 1 aliphatic carbocycles. The summed E-state index contributed by atoms with van der Waals surface area (Å²) in [5.74, 6) is 0.823. The molecule has 4 nitrogen and oxygen atoms in total. The molecule has 0 amide bonds. The Bertz CT molecular complexity index is 319. The van der Waals surface area contributed by atoms with Gasteiger partial charge in [-0.1, -0.05) is 6.42 Å². The van der Waals surface area contributed by atoms with Crippen LogP contribution < -0.4 is 4.72 Å². The van der Waals surface area contributed by atoms with Gasteiger partial charge in [0.1, 0.15) is 0 Å². The highest BCUT2D eigenvalue weighted by molar-refractivity contribution is 7.89. The van der Waals surface area contributed by atoms with Gasteiger partial charge in [0.15, 0.2) is 0 Å². The first-order valence-electron chi connectivity index (χ1n) is 6.12. The molecule has 102 valence electrons. The monoisotopic (exact) mass is 283 g/mol. The van der Waals surface area contributed by atoms with Crippen LogP contribution in [0.15, 0.2) is 0 Å². The number of alkyl halides is 1. The zero-order chi connectivity index (χ0) is 12.9. The van der Waals surface area contributed by atoms with E-state index >= 15 is 0 Å². The standard InChI is InChI=1S/C11H22ClNO3S/c1-9(2)16-6-7-17(14,15)13-11-5-3-4-10(11)8-12/h9-11,13H,3-8H2,1-2H3. The minimum Gasteiger partial charge on any atom is -0.378 e. The molecule has 0 aliphatic heterocycles. The predicted octanol–water partition coefficient (Wildman–Crippen LogP) is 1.74. The normalized spacial score (nSPS) is 25.6. The second-order valence-electron chi connectivity index (χ2n) is 4.81. The summed E-state index contributed by atoms with van der Waals surface area (Å²) in [4.78, 5) is 0. The molecule has 17 heavy (non-hydrogen) atoms. The van der Waals surface area contributed by atoms with Crippen LogP contribution >= 0.6 is 11.6 Å². The van der Waals surface area contributed by atoms with E-state index in [-0.39, 0.29) is 30.4 Å². The van der Waals surface area contributed by atoms with Crippen LogP contribution in [0.5, 0.6) is 0 Å². The van der Waals surface area contributed by atoms with Crippen LogP contribution in [0.4, 0.5) is 0 Å². The molecule has 0 heterocycles. The smallest absolute Gasteiger partial charge is 0.214 e. The minimum absolute atomic E-state index is 0.0107. The van der Waals surface area contributed by atoms with E-state index in [0.29, 0.717) is 5.88 Å². The van der Waals surface area contributed by atoms with Gasteiger partial charge in [-0.25, -0.2) is 13.1 Å². The van der Waals surface area contributed by atoms with Crippen molar-refractivity contribution in [2.24, 2.45) is 5.92 Å². The molecule has 0 radical (unpaired) electrons. The van der Waals surface area contributed by atoms with E-state index in [2.05, 4.69) is 4.72 Å². The van der Waals surface area contributed by atoms with Gasteiger partial charge in [0.25, 0.3) is 0 Å². The largest absolute Gasteiger partial charge is 0.378 e. The molecule has 2 atom stereocenters. The molecule has 1 rings (SSSR count). The van der Waals surface area contributed by atoms with Gasteiger partial charge in [-0.05, 0) is 32.6 Å². The molecule has 0 bridgehead atoms. The molecule has 0 aromatic carbocycles. The van der Waals surface area contributed by atoms with Crippen molar-refractivity contribution >= 4 is 21.6 Å². The quantitative estimate of drug-likeness (QED) is 0.724. The summed E-state index contributed by atoms with van der Waals surface area (Å²) in [6.45, 7) is 4.02. The van der Waals surface area contributed by atoms with E-state index in [9.17, 15) is 8.42 Å². The van der Waals surface area contributed by atoms with Gasteiger partial charge in [0.05, 0.1) is 18.5 Å². The summed E-state index contributed by atoms with van der Waals surface area (Å²) in [7, 11) is -3.24. The number of hydrogen-bond acceptors (Lipinski definition) is 3. The Morgan fingerprint density at radius 2 is 2.12 bits per heavy atom. The van der Waals surface area contributed by atoms with E-state index in [1.165, 1.54) is 0 Å². The molecule has 1 aliphatic rings. The molecule has 6 heteroatoms. The van der Waals surface area contributed by atoms with Crippen molar-refractivity contribution in [3.63, 3.8) is 0 Å². The number of nitrogens with one attached hydrogen (secondary N) is 1. The maximum Gasteiger partial charge on any atom is 0.214 e. The van der Waals surface area contributed by atoms with Gasteiger partial charge >= 0.3 is 0 Å². The fourth-order valence-corrected chi connectivity index (χ4v) is 3.63. The van der Waals surface area contributed by atoms with E-state index in [1.54, 1.807) is 0 Å². The van der Waals surface area contributed by atoms with Crippen molar-refractivity contribution in [2.75, 3.05) is 18.2 Å². The van der Waals surface area contributed by atoms with Crippen molar-refractivity contribution in [3.8, 4) is 0 Å². The molecular formula is C11H22ClNO3S. The van der Waals surface area contributed by atoms with Crippen LogP contribution in [-0.2, 0) is 14.8 Å². The SMILES string of the molecule is CC(C)OCCS(=O)(=O)NC1CCCC1CCl.